The summed E-state index contributed by atoms with van der Waals surface area (Å²) in [6.45, 7) is 1.92. The fourth-order valence-corrected chi connectivity index (χ4v) is 3.33. The Morgan fingerprint density at radius 1 is 1.24 bits per heavy atom. The van der Waals surface area contributed by atoms with E-state index in [1.54, 1.807) is 18.3 Å². The Bertz CT molecular complexity index is 1010. The SMILES string of the molecule is Cc1ccc([C@@H]2C[C@@H](C(F)(F)F)n3nc(C(=O)Nc4cccnc4)cc3N2)cc1. The van der Waals surface area contributed by atoms with Gasteiger partial charge in [-0.15, -0.1) is 0 Å². The lowest BCUT2D eigenvalue weighted by Gasteiger charge is -2.33. The van der Waals surface area contributed by atoms with Crippen LogP contribution in [0.15, 0.2) is 54.9 Å². The van der Waals surface area contributed by atoms with E-state index in [1.165, 1.54) is 12.3 Å². The van der Waals surface area contributed by atoms with Crippen LogP contribution in [-0.2, 0) is 0 Å². The minimum absolute atomic E-state index is 0.102. The molecule has 29 heavy (non-hydrogen) atoms. The molecule has 1 aliphatic rings. The van der Waals surface area contributed by atoms with Crippen LogP contribution in [-0.4, -0.2) is 26.8 Å². The van der Waals surface area contributed by atoms with E-state index in [1.807, 2.05) is 31.2 Å². The van der Waals surface area contributed by atoms with Gasteiger partial charge in [0, 0.05) is 18.7 Å². The van der Waals surface area contributed by atoms with Gasteiger partial charge < -0.3 is 10.6 Å². The molecule has 1 amide bonds. The highest BCUT2D eigenvalue weighted by Gasteiger charge is 2.46. The second-order valence-corrected chi connectivity index (χ2v) is 6.96. The molecule has 2 aromatic heterocycles. The van der Waals surface area contributed by atoms with E-state index in [4.69, 9.17) is 0 Å². The van der Waals surface area contributed by atoms with Crippen LogP contribution < -0.4 is 10.6 Å². The van der Waals surface area contributed by atoms with Crippen molar-refractivity contribution < 1.29 is 18.0 Å². The predicted molar refractivity (Wildman–Crippen MR) is 102 cm³/mol. The van der Waals surface area contributed by atoms with Gasteiger partial charge in [0.2, 0.25) is 0 Å². The number of aryl methyl sites for hydroxylation is 1. The number of nitrogens with zero attached hydrogens (tertiary/aromatic N) is 3. The van der Waals surface area contributed by atoms with Gasteiger partial charge in [0.15, 0.2) is 11.7 Å². The van der Waals surface area contributed by atoms with E-state index >= 15 is 0 Å². The van der Waals surface area contributed by atoms with Gasteiger partial charge in [0.05, 0.1) is 17.9 Å². The number of nitrogens with one attached hydrogen (secondary N) is 2. The zero-order valence-electron chi connectivity index (χ0n) is 15.4. The molecule has 150 valence electrons. The zero-order valence-corrected chi connectivity index (χ0v) is 15.4. The summed E-state index contributed by atoms with van der Waals surface area (Å²) in [6.07, 6.45) is -1.72. The lowest BCUT2D eigenvalue weighted by atomic mass is 9.96. The Kier molecular flexibility index (Phi) is 4.73. The van der Waals surface area contributed by atoms with E-state index < -0.39 is 24.2 Å². The number of rotatable bonds is 3. The molecule has 0 saturated heterocycles. The molecule has 0 fully saturated rings. The molecular formula is C20H18F3N5O. The quantitative estimate of drug-likeness (QED) is 0.678. The monoisotopic (exact) mass is 401 g/mol. The normalized spacial score (nSPS) is 18.6. The number of anilines is 2. The third-order valence-electron chi connectivity index (χ3n) is 4.82. The molecule has 2 atom stereocenters. The number of fused-ring (bicyclic) bond motifs is 1. The van der Waals surface area contributed by atoms with Crippen LogP contribution in [0.4, 0.5) is 24.7 Å². The Labute approximate surface area is 164 Å². The summed E-state index contributed by atoms with van der Waals surface area (Å²) in [4.78, 5) is 16.3. The van der Waals surface area contributed by atoms with E-state index in [0.717, 1.165) is 15.8 Å². The number of amides is 1. The molecule has 1 aliphatic heterocycles. The van der Waals surface area contributed by atoms with Gasteiger partial charge in [-0.25, -0.2) is 4.68 Å². The average Bonchev–Trinajstić information content (AvgIpc) is 3.12. The molecule has 0 aliphatic carbocycles. The van der Waals surface area contributed by atoms with Crippen molar-refractivity contribution in [3.8, 4) is 0 Å². The first kappa shape index (κ1) is 19.0. The molecule has 0 bridgehead atoms. The third kappa shape index (κ3) is 3.94. The predicted octanol–water partition coefficient (Wildman–Crippen LogP) is 4.50. The molecule has 0 spiro atoms. The number of carbonyl (C=O) groups excluding carboxylic acids is 1. The maximum atomic E-state index is 13.7. The van der Waals surface area contributed by atoms with E-state index in [2.05, 4.69) is 20.7 Å². The minimum Gasteiger partial charge on any atom is -0.363 e. The summed E-state index contributed by atoms with van der Waals surface area (Å²) >= 11 is 0. The Hall–Kier alpha value is -3.36. The molecule has 4 rings (SSSR count). The van der Waals surface area contributed by atoms with Gasteiger partial charge in [0.1, 0.15) is 5.82 Å². The van der Waals surface area contributed by atoms with Crippen molar-refractivity contribution in [2.24, 2.45) is 0 Å². The number of benzene rings is 1. The van der Waals surface area contributed by atoms with Crippen molar-refractivity contribution in [3.05, 3.63) is 71.7 Å². The summed E-state index contributed by atoms with van der Waals surface area (Å²) in [6, 6.07) is 9.57. The molecular weight excluding hydrogens is 383 g/mol. The molecule has 9 heteroatoms. The highest BCUT2D eigenvalue weighted by Crippen LogP contribution is 2.43. The van der Waals surface area contributed by atoms with Crippen LogP contribution in [0, 0.1) is 6.92 Å². The van der Waals surface area contributed by atoms with Gasteiger partial charge in [-0.05, 0) is 24.6 Å². The van der Waals surface area contributed by atoms with E-state index in [0.29, 0.717) is 5.69 Å². The Morgan fingerprint density at radius 3 is 2.66 bits per heavy atom. The van der Waals surface area contributed by atoms with Crippen molar-refractivity contribution >= 4 is 17.4 Å². The van der Waals surface area contributed by atoms with Crippen LogP contribution >= 0.6 is 0 Å². The lowest BCUT2D eigenvalue weighted by molar-refractivity contribution is -0.173. The number of alkyl halides is 3. The van der Waals surface area contributed by atoms with Crippen LogP contribution in [0.1, 0.15) is 40.1 Å². The van der Waals surface area contributed by atoms with Gasteiger partial charge in [-0.3, -0.25) is 9.78 Å². The van der Waals surface area contributed by atoms with Crippen LogP contribution in [0.3, 0.4) is 0 Å². The first-order valence-electron chi connectivity index (χ1n) is 9.02. The fourth-order valence-electron chi connectivity index (χ4n) is 3.33. The number of halogens is 3. The van der Waals surface area contributed by atoms with Crippen molar-refractivity contribution in [3.63, 3.8) is 0 Å². The Balaban J connectivity index is 1.65. The number of aromatic nitrogens is 3. The van der Waals surface area contributed by atoms with Crippen LogP contribution in [0.25, 0.3) is 0 Å². The topological polar surface area (TPSA) is 71.8 Å². The lowest BCUT2D eigenvalue weighted by Crippen LogP contribution is -2.35. The van der Waals surface area contributed by atoms with Crippen molar-refractivity contribution in [2.45, 2.75) is 31.6 Å². The second kappa shape index (κ2) is 7.23. The summed E-state index contributed by atoms with van der Waals surface area (Å²) in [5, 5.41) is 9.60. The zero-order chi connectivity index (χ0) is 20.6. The van der Waals surface area contributed by atoms with E-state index in [-0.39, 0.29) is 17.9 Å². The third-order valence-corrected chi connectivity index (χ3v) is 4.82. The Morgan fingerprint density at radius 2 is 2.00 bits per heavy atom. The molecule has 1 aromatic carbocycles. The molecule has 3 aromatic rings. The van der Waals surface area contributed by atoms with Gasteiger partial charge >= 0.3 is 6.18 Å². The van der Waals surface area contributed by atoms with Gasteiger partial charge in [0.25, 0.3) is 5.91 Å². The van der Waals surface area contributed by atoms with Gasteiger partial charge in [-0.2, -0.15) is 18.3 Å². The largest absolute Gasteiger partial charge is 0.410 e. The first-order chi connectivity index (χ1) is 13.8. The maximum absolute atomic E-state index is 13.7. The summed E-state index contributed by atoms with van der Waals surface area (Å²) in [7, 11) is 0. The minimum atomic E-state index is -4.50. The van der Waals surface area contributed by atoms with Crippen LogP contribution in [0.5, 0.6) is 0 Å². The van der Waals surface area contributed by atoms with Gasteiger partial charge in [-0.1, -0.05) is 29.8 Å². The van der Waals surface area contributed by atoms with E-state index in [9.17, 15) is 18.0 Å². The van der Waals surface area contributed by atoms with Crippen molar-refractivity contribution in [1.82, 2.24) is 14.8 Å². The first-order valence-corrected chi connectivity index (χ1v) is 9.02. The molecule has 0 radical (unpaired) electrons. The average molecular weight is 401 g/mol. The highest BCUT2D eigenvalue weighted by atomic mass is 19.4. The standard InChI is InChI=1S/C20H18F3N5O/c1-12-4-6-13(7-5-12)15-9-17(20(21,22)23)28-18(26-15)10-16(27-28)19(29)25-14-3-2-8-24-11-14/h2-8,10-11,15,17,26H,9H2,1H3,(H,25,29)/t15-,17-/m0/s1. The molecule has 6 nitrogen and oxygen atoms in total. The number of pyridine rings is 1. The van der Waals surface area contributed by atoms with Crippen molar-refractivity contribution in [2.75, 3.05) is 10.6 Å². The maximum Gasteiger partial charge on any atom is 0.410 e. The second-order valence-electron chi connectivity index (χ2n) is 6.96. The summed E-state index contributed by atoms with van der Waals surface area (Å²) in [5.74, 6) is -0.449. The fraction of sp³-hybridized carbons (Fsp3) is 0.250. The number of carbonyl (C=O) groups is 1. The van der Waals surface area contributed by atoms with Crippen molar-refractivity contribution in [1.29, 1.82) is 0 Å². The molecule has 3 heterocycles. The molecule has 2 N–H and O–H groups in total. The number of hydrogen-bond donors (Lipinski definition) is 2. The number of hydrogen-bond acceptors (Lipinski definition) is 4. The van der Waals surface area contributed by atoms with Crippen LogP contribution in [0.2, 0.25) is 0 Å². The smallest absolute Gasteiger partial charge is 0.363 e. The molecule has 0 saturated carbocycles. The summed E-state index contributed by atoms with van der Waals surface area (Å²) in [5.41, 5.74) is 2.10. The highest BCUT2D eigenvalue weighted by molar-refractivity contribution is 6.03. The molecule has 0 unspecified atom stereocenters. The summed E-state index contributed by atoms with van der Waals surface area (Å²) < 4.78 is 42.0.